The van der Waals surface area contributed by atoms with Crippen LogP contribution in [0.15, 0.2) is 18.2 Å². The van der Waals surface area contributed by atoms with Gasteiger partial charge in [0.25, 0.3) is 0 Å². The van der Waals surface area contributed by atoms with Crippen molar-refractivity contribution in [3.63, 3.8) is 0 Å². The number of aryl methyl sites for hydroxylation is 2. The normalized spacial score (nSPS) is 10.3. The molecular formula is C10H12Cl3NO3S. The largest absolute Gasteiger partial charge is 0.325 e. The maximum absolute atomic E-state index is 11.0. The Hall–Kier alpha value is -0.490. The molecule has 0 aliphatic rings. The van der Waals surface area contributed by atoms with Gasteiger partial charge in [0, 0.05) is 27.1 Å². The van der Waals surface area contributed by atoms with Crippen LogP contribution in [0.25, 0.3) is 0 Å². The Kier molecular flexibility index (Phi) is 7.62. The molecule has 0 unspecified atom stereocenters. The Labute approximate surface area is 120 Å². The molecule has 8 heteroatoms. The van der Waals surface area contributed by atoms with Crippen molar-refractivity contribution in [3.8, 4) is 0 Å². The van der Waals surface area contributed by atoms with E-state index in [1.165, 1.54) is 0 Å². The summed E-state index contributed by atoms with van der Waals surface area (Å²) in [5.74, 6) is -0.174. The van der Waals surface area contributed by atoms with Crippen LogP contribution in [0.3, 0.4) is 0 Å². The van der Waals surface area contributed by atoms with Crippen LogP contribution in [0, 0.1) is 13.8 Å². The summed E-state index contributed by atoms with van der Waals surface area (Å²) >= 11 is 5.39. The topological polar surface area (TPSA) is 63.2 Å². The quantitative estimate of drug-likeness (QED) is 0.668. The van der Waals surface area contributed by atoms with Gasteiger partial charge < -0.3 is 5.32 Å². The molecule has 0 saturated carbocycles. The van der Waals surface area contributed by atoms with E-state index in [1.807, 2.05) is 32.0 Å². The number of hydrogen-bond acceptors (Lipinski definition) is 3. The third kappa shape index (κ3) is 8.58. The lowest BCUT2D eigenvalue weighted by Gasteiger charge is -2.09. The minimum atomic E-state index is -3.72. The number of carbonyl (C=O) groups excluding carboxylic acids is 1. The third-order valence-electron chi connectivity index (χ3n) is 1.87. The minimum absolute atomic E-state index is 0.00618. The highest BCUT2D eigenvalue weighted by molar-refractivity contribution is 8.31. The SMILES string of the molecule is Cc1cccc(C)c1NC(=O)CCl.O=S(=O)(Cl)Cl. The van der Waals surface area contributed by atoms with E-state index < -0.39 is 8.26 Å². The first-order valence-corrected chi connectivity index (χ1v) is 8.38. The lowest BCUT2D eigenvalue weighted by Crippen LogP contribution is -2.14. The van der Waals surface area contributed by atoms with Crippen LogP contribution < -0.4 is 5.32 Å². The van der Waals surface area contributed by atoms with Crippen molar-refractivity contribution in [1.82, 2.24) is 0 Å². The molecule has 0 heterocycles. The van der Waals surface area contributed by atoms with Crippen molar-refractivity contribution >= 4 is 52.8 Å². The Bertz CT molecular complexity index is 489. The zero-order valence-electron chi connectivity index (χ0n) is 9.71. The number of carbonyl (C=O) groups is 1. The first-order valence-electron chi connectivity index (χ1n) is 4.71. The van der Waals surface area contributed by atoms with Crippen molar-refractivity contribution in [2.24, 2.45) is 0 Å². The number of amides is 1. The average Bonchev–Trinajstić information content (AvgIpc) is 2.21. The fourth-order valence-corrected chi connectivity index (χ4v) is 1.25. The first-order chi connectivity index (χ1) is 8.15. The van der Waals surface area contributed by atoms with Gasteiger partial charge >= 0.3 is 8.26 Å². The molecule has 1 amide bonds. The van der Waals surface area contributed by atoms with Gasteiger partial charge in [0.2, 0.25) is 5.91 Å². The van der Waals surface area contributed by atoms with E-state index in [2.05, 4.69) is 26.7 Å². The lowest BCUT2D eigenvalue weighted by molar-refractivity contribution is -0.113. The zero-order chi connectivity index (χ0) is 14.3. The van der Waals surface area contributed by atoms with Crippen molar-refractivity contribution < 1.29 is 13.2 Å². The number of anilines is 1. The molecule has 0 spiro atoms. The molecule has 1 rings (SSSR count). The zero-order valence-corrected chi connectivity index (χ0v) is 12.8. The number of nitrogens with one attached hydrogen (secondary N) is 1. The standard InChI is InChI=1S/C10H12ClNO.Cl2O2S/c1-7-4-3-5-8(2)10(7)12-9(13)6-11;1-5(2,3)4/h3-5H,6H2,1-2H3,(H,12,13);. The van der Waals surface area contributed by atoms with Gasteiger partial charge in [-0.15, -0.1) is 11.6 Å². The van der Waals surface area contributed by atoms with Crippen LogP contribution in [-0.2, 0) is 13.1 Å². The van der Waals surface area contributed by atoms with E-state index >= 15 is 0 Å². The fourth-order valence-electron chi connectivity index (χ4n) is 1.18. The summed E-state index contributed by atoms with van der Waals surface area (Å²) in [6, 6.07) is 5.87. The van der Waals surface area contributed by atoms with Gasteiger partial charge in [-0.25, -0.2) is 0 Å². The number of rotatable bonds is 2. The maximum atomic E-state index is 11.0. The number of para-hydroxylation sites is 1. The molecule has 0 aromatic heterocycles. The average molecular weight is 333 g/mol. The molecule has 4 nitrogen and oxygen atoms in total. The van der Waals surface area contributed by atoms with E-state index in [-0.39, 0.29) is 11.8 Å². The Morgan fingerprint density at radius 3 is 1.94 bits per heavy atom. The lowest BCUT2D eigenvalue weighted by atomic mass is 10.1. The van der Waals surface area contributed by atoms with Gasteiger partial charge in [-0.3, -0.25) is 4.79 Å². The Morgan fingerprint density at radius 1 is 1.22 bits per heavy atom. The molecule has 0 bridgehead atoms. The summed E-state index contributed by atoms with van der Waals surface area (Å²) in [6.45, 7) is 3.91. The van der Waals surface area contributed by atoms with Crippen LogP contribution >= 0.6 is 33.0 Å². The fraction of sp³-hybridized carbons (Fsp3) is 0.300. The molecule has 18 heavy (non-hydrogen) atoms. The first kappa shape index (κ1) is 17.5. The Morgan fingerprint density at radius 2 is 1.61 bits per heavy atom. The predicted octanol–water partition coefficient (Wildman–Crippen LogP) is 3.19. The summed E-state index contributed by atoms with van der Waals surface area (Å²) in [5.41, 5.74) is 2.98. The molecule has 0 aliphatic heterocycles. The maximum Gasteiger partial charge on any atom is 0.317 e. The number of hydrogen-bond donors (Lipinski definition) is 1. The summed E-state index contributed by atoms with van der Waals surface area (Å²) in [4.78, 5) is 11.0. The second kappa shape index (κ2) is 7.84. The van der Waals surface area contributed by atoms with E-state index in [4.69, 9.17) is 20.0 Å². The van der Waals surface area contributed by atoms with E-state index in [1.54, 1.807) is 0 Å². The molecule has 1 aromatic carbocycles. The van der Waals surface area contributed by atoms with Crippen LogP contribution in [-0.4, -0.2) is 20.2 Å². The molecule has 0 aliphatic carbocycles. The third-order valence-corrected chi connectivity index (χ3v) is 2.11. The van der Waals surface area contributed by atoms with Gasteiger partial charge in [0.05, 0.1) is 0 Å². The molecule has 0 fully saturated rings. The van der Waals surface area contributed by atoms with Crippen LogP contribution in [0.5, 0.6) is 0 Å². The summed E-state index contributed by atoms with van der Waals surface area (Å²) < 4.78 is 18.3. The Balaban J connectivity index is 0.000000494. The molecule has 0 atom stereocenters. The molecule has 1 N–H and O–H groups in total. The summed E-state index contributed by atoms with van der Waals surface area (Å²) in [7, 11) is 4.81. The monoisotopic (exact) mass is 331 g/mol. The summed E-state index contributed by atoms with van der Waals surface area (Å²) in [5, 5.41) is 2.76. The molecule has 0 radical (unpaired) electrons. The van der Waals surface area contributed by atoms with Crippen molar-refractivity contribution in [2.45, 2.75) is 13.8 Å². The van der Waals surface area contributed by atoms with Gasteiger partial charge in [-0.1, -0.05) is 18.2 Å². The smallest absolute Gasteiger partial charge is 0.317 e. The van der Waals surface area contributed by atoms with Crippen molar-refractivity contribution in [2.75, 3.05) is 11.2 Å². The predicted molar refractivity (Wildman–Crippen MR) is 75.9 cm³/mol. The highest BCUT2D eigenvalue weighted by Gasteiger charge is 2.04. The van der Waals surface area contributed by atoms with E-state index in [9.17, 15) is 4.79 Å². The second-order valence-corrected chi connectivity index (χ2v) is 7.26. The second-order valence-electron chi connectivity index (χ2n) is 3.33. The van der Waals surface area contributed by atoms with Gasteiger partial charge in [-0.2, -0.15) is 8.42 Å². The minimum Gasteiger partial charge on any atom is -0.325 e. The highest BCUT2D eigenvalue weighted by Crippen LogP contribution is 2.19. The van der Waals surface area contributed by atoms with Crippen LogP contribution in [0.1, 0.15) is 11.1 Å². The number of benzene rings is 1. The highest BCUT2D eigenvalue weighted by atomic mass is 36.0. The molecule has 1 aromatic rings. The summed E-state index contributed by atoms with van der Waals surface area (Å²) in [6.07, 6.45) is 0. The van der Waals surface area contributed by atoms with Crippen LogP contribution in [0.4, 0.5) is 5.69 Å². The molecular weight excluding hydrogens is 321 g/mol. The molecule has 0 saturated heterocycles. The van der Waals surface area contributed by atoms with Crippen molar-refractivity contribution in [1.29, 1.82) is 0 Å². The number of halogens is 3. The van der Waals surface area contributed by atoms with Crippen molar-refractivity contribution in [3.05, 3.63) is 29.3 Å². The number of alkyl halides is 1. The van der Waals surface area contributed by atoms with E-state index in [0.717, 1.165) is 16.8 Å². The van der Waals surface area contributed by atoms with Gasteiger partial charge in [-0.05, 0) is 25.0 Å². The van der Waals surface area contributed by atoms with E-state index in [0.29, 0.717) is 0 Å². The van der Waals surface area contributed by atoms with Crippen LogP contribution in [0.2, 0.25) is 0 Å². The van der Waals surface area contributed by atoms with Gasteiger partial charge in [0.1, 0.15) is 5.88 Å². The molecule has 102 valence electrons. The van der Waals surface area contributed by atoms with Gasteiger partial charge in [0.15, 0.2) is 0 Å².